The summed E-state index contributed by atoms with van der Waals surface area (Å²) in [6, 6.07) is 6.39. The molecule has 106 valence electrons. The third-order valence-corrected chi connectivity index (χ3v) is 2.67. The average molecular weight is 268 g/mol. The summed E-state index contributed by atoms with van der Waals surface area (Å²) in [7, 11) is 0. The minimum absolute atomic E-state index is 0.134. The van der Waals surface area contributed by atoms with Gasteiger partial charge in [-0.15, -0.1) is 0 Å². The molecule has 3 nitrogen and oxygen atoms in total. The van der Waals surface area contributed by atoms with E-state index < -0.39 is 0 Å². The fourth-order valence-electron chi connectivity index (χ4n) is 1.70. The van der Waals surface area contributed by atoms with Crippen molar-refractivity contribution < 1.29 is 18.7 Å². The quantitative estimate of drug-likeness (QED) is 0.506. The molecule has 0 bridgehead atoms. The first-order valence-corrected chi connectivity index (χ1v) is 6.77. The van der Waals surface area contributed by atoms with Gasteiger partial charge in [0, 0.05) is 6.42 Å². The number of rotatable bonds is 9. The van der Waals surface area contributed by atoms with E-state index in [1.807, 2.05) is 0 Å². The van der Waals surface area contributed by atoms with E-state index >= 15 is 0 Å². The maximum atomic E-state index is 13.2. The lowest BCUT2D eigenvalue weighted by molar-refractivity contribution is -0.143. The monoisotopic (exact) mass is 268 g/mol. The van der Waals surface area contributed by atoms with Gasteiger partial charge in [-0.2, -0.15) is 0 Å². The maximum absolute atomic E-state index is 13.2. The molecule has 4 heteroatoms. The van der Waals surface area contributed by atoms with Gasteiger partial charge in [0.25, 0.3) is 0 Å². The fraction of sp³-hybridized carbons (Fsp3) is 0.533. The molecule has 0 unspecified atom stereocenters. The van der Waals surface area contributed by atoms with E-state index in [1.165, 1.54) is 6.07 Å². The van der Waals surface area contributed by atoms with E-state index in [1.54, 1.807) is 25.1 Å². The van der Waals surface area contributed by atoms with E-state index in [9.17, 15) is 9.18 Å². The average Bonchev–Trinajstić information content (AvgIpc) is 2.40. The molecule has 0 atom stereocenters. The molecular formula is C15H21FO3. The van der Waals surface area contributed by atoms with E-state index in [2.05, 4.69) is 0 Å². The van der Waals surface area contributed by atoms with Crippen molar-refractivity contribution in [2.45, 2.75) is 39.0 Å². The molecular weight excluding hydrogens is 247 g/mol. The fourth-order valence-corrected chi connectivity index (χ4v) is 1.70. The van der Waals surface area contributed by atoms with E-state index in [0.29, 0.717) is 25.4 Å². The minimum Gasteiger partial charge on any atom is -0.491 e. The summed E-state index contributed by atoms with van der Waals surface area (Å²) in [5, 5.41) is 0. The molecule has 0 aliphatic carbocycles. The Morgan fingerprint density at radius 3 is 2.63 bits per heavy atom. The van der Waals surface area contributed by atoms with Gasteiger partial charge in [0.2, 0.25) is 0 Å². The Labute approximate surface area is 113 Å². The molecule has 0 saturated carbocycles. The zero-order chi connectivity index (χ0) is 13.9. The van der Waals surface area contributed by atoms with E-state index in [4.69, 9.17) is 9.47 Å². The Hall–Kier alpha value is -1.58. The van der Waals surface area contributed by atoms with Gasteiger partial charge < -0.3 is 9.47 Å². The lowest BCUT2D eigenvalue weighted by Crippen LogP contribution is -2.03. The van der Waals surface area contributed by atoms with Crippen LogP contribution in [0.15, 0.2) is 24.3 Å². The smallest absolute Gasteiger partial charge is 0.305 e. The van der Waals surface area contributed by atoms with E-state index in [0.717, 1.165) is 25.7 Å². The second kappa shape index (κ2) is 9.36. The van der Waals surface area contributed by atoms with Crippen LogP contribution in [0.4, 0.5) is 4.39 Å². The predicted molar refractivity (Wildman–Crippen MR) is 71.6 cm³/mol. The molecule has 0 amide bonds. The molecule has 1 rings (SSSR count). The van der Waals surface area contributed by atoms with Crippen molar-refractivity contribution in [2.24, 2.45) is 0 Å². The summed E-state index contributed by atoms with van der Waals surface area (Å²) in [6.45, 7) is 2.74. The number of ether oxygens (including phenoxy) is 2. The molecule has 1 aromatic carbocycles. The van der Waals surface area contributed by atoms with Gasteiger partial charge in [-0.3, -0.25) is 4.79 Å². The first kappa shape index (κ1) is 15.5. The number of benzene rings is 1. The van der Waals surface area contributed by atoms with E-state index in [-0.39, 0.29) is 11.8 Å². The van der Waals surface area contributed by atoms with Crippen LogP contribution in [0.3, 0.4) is 0 Å². The zero-order valence-electron chi connectivity index (χ0n) is 11.4. The van der Waals surface area contributed by atoms with Gasteiger partial charge in [-0.1, -0.05) is 25.0 Å². The summed E-state index contributed by atoms with van der Waals surface area (Å²) < 4.78 is 23.4. The van der Waals surface area contributed by atoms with Gasteiger partial charge in [0.05, 0.1) is 13.2 Å². The summed E-state index contributed by atoms with van der Waals surface area (Å²) in [4.78, 5) is 11.1. The maximum Gasteiger partial charge on any atom is 0.305 e. The Morgan fingerprint density at radius 1 is 1.16 bits per heavy atom. The third kappa shape index (κ3) is 6.79. The van der Waals surface area contributed by atoms with Crippen LogP contribution in [0.1, 0.15) is 39.0 Å². The minimum atomic E-state index is -0.329. The van der Waals surface area contributed by atoms with Crippen LogP contribution in [0.2, 0.25) is 0 Å². The van der Waals surface area contributed by atoms with Crippen molar-refractivity contribution in [2.75, 3.05) is 13.2 Å². The number of carbonyl (C=O) groups is 1. The first-order valence-electron chi connectivity index (χ1n) is 6.77. The number of halogens is 1. The van der Waals surface area contributed by atoms with Crippen molar-refractivity contribution >= 4 is 5.97 Å². The summed E-state index contributed by atoms with van der Waals surface area (Å²) in [5.74, 6) is -0.163. The first-order chi connectivity index (χ1) is 9.24. The molecule has 0 aliphatic heterocycles. The van der Waals surface area contributed by atoms with Crippen molar-refractivity contribution in [1.82, 2.24) is 0 Å². The predicted octanol–water partition coefficient (Wildman–Crippen LogP) is 3.72. The van der Waals surface area contributed by atoms with Crippen molar-refractivity contribution in [3.05, 3.63) is 30.1 Å². The zero-order valence-corrected chi connectivity index (χ0v) is 11.4. The lowest BCUT2D eigenvalue weighted by atomic mass is 10.1. The second-order valence-electron chi connectivity index (χ2n) is 4.25. The highest BCUT2D eigenvalue weighted by Crippen LogP contribution is 2.16. The normalized spacial score (nSPS) is 10.2. The Kier molecular flexibility index (Phi) is 7.63. The van der Waals surface area contributed by atoms with Crippen LogP contribution in [0.25, 0.3) is 0 Å². The van der Waals surface area contributed by atoms with Crippen molar-refractivity contribution in [3.63, 3.8) is 0 Å². The number of unbranched alkanes of at least 4 members (excludes halogenated alkanes) is 3. The van der Waals surface area contributed by atoms with Gasteiger partial charge in [0.15, 0.2) is 11.6 Å². The Bertz CT molecular complexity index is 379. The molecule has 0 aliphatic rings. The van der Waals surface area contributed by atoms with Crippen LogP contribution in [-0.2, 0) is 9.53 Å². The van der Waals surface area contributed by atoms with Gasteiger partial charge in [0.1, 0.15) is 0 Å². The molecule has 0 radical (unpaired) electrons. The van der Waals surface area contributed by atoms with Crippen molar-refractivity contribution in [3.8, 4) is 5.75 Å². The highest BCUT2D eigenvalue weighted by Gasteiger charge is 2.02. The topological polar surface area (TPSA) is 35.5 Å². The molecule has 0 aromatic heterocycles. The highest BCUT2D eigenvalue weighted by atomic mass is 19.1. The summed E-state index contributed by atoms with van der Waals surface area (Å²) in [5.41, 5.74) is 0. The third-order valence-electron chi connectivity index (χ3n) is 2.67. The van der Waals surface area contributed by atoms with Crippen LogP contribution >= 0.6 is 0 Å². The SMILES string of the molecule is CCOC(=O)CCCCCCOc1ccccc1F. The largest absolute Gasteiger partial charge is 0.491 e. The van der Waals surface area contributed by atoms with Crippen LogP contribution < -0.4 is 4.74 Å². The molecule has 0 heterocycles. The molecule has 0 fully saturated rings. The summed E-state index contributed by atoms with van der Waals surface area (Å²) in [6.07, 6.45) is 4.09. The molecule has 0 N–H and O–H groups in total. The number of esters is 1. The van der Waals surface area contributed by atoms with Gasteiger partial charge in [-0.25, -0.2) is 4.39 Å². The van der Waals surface area contributed by atoms with Crippen LogP contribution in [0, 0.1) is 5.82 Å². The summed E-state index contributed by atoms with van der Waals surface area (Å²) >= 11 is 0. The molecule has 0 spiro atoms. The number of hydrogen-bond acceptors (Lipinski definition) is 3. The standard InChI is InChI=1S/C15H21FO3/c1-2-18-15(17)11-5-3-4-8-12-19-14-10-7-6-9-13(14)16/h6-7,9-10H,2-5,8,11-12H2,1H3. The van der Waals surface area contributed by atoms with Crippen LogP contribution in [0.5, 0.6) is 5.75 Å². The highest BCUT2D eigenvalue weighted by molar-refractivity contribution is 5.69. The molecule has 19 heavy (non-hydrogen) atoms. The lowest BCUT2D eigenvalue weighted by Gasteiger charge is -2.06. The van der Waals surface area contributed by atoms with Crippen molar-refractivity contribution in [1.29, 1.82) is 0 Å². The molecule has 1 aromatic rings. The Morgan fingerprint density at radius 2 is 1.89 bits per heavy atom. The number of carbonyl (C=O) groups excluding carboxylic acids is 1. The van der Waals surface area contributed by atoms with Crippen LogP contribution in [-0.4, -0.2) is 19.2 Å². The second-order valence-corrected chi connectivity index (χ2v) is 4.25. The molecule has 0 saturated heterocycles. The number of hydrogen-bond donors (Lipinski definition) is 0. The van der Waals surface area contributed by atoms with Gasteiger partial charge >= 0.3 is 5.97 Å². The number of para-hydroxylation sites is 1. The Balaban J connectivity index is 2.00. The van der Waals surface area contributed by atoms with Gasteiger partial charge in [-0.05, 0) is 31.9 Å².